The molecule has 0 aromatic carbocycles. The van der Waals surface area contributed by atoms with Crippen molar-refractivity contribution in [3.8, 4) is 0 Å². The van der Waals surface area contributed by atoms with Gasteiger partial charge in [0.2, 0.25) is 6.08 Å². The first-order chi connectivity index (χ1) is 19.9. The van der Waals surface area contributed by atoms with Crippen molar-refractivity contribution in [3.05, 3.63) is 0 Å². The molecule has 11 nitrogen and oxygen atoms in total. The fourth-order valence-corrected chi connectivity index (χ4v) is 46.8. The lowest BCUT2D eigenvalue weighted by Crippen LogP contribution is -2.74. The Bertz CT molecular complexity index is 868. The third kappa shape index (κ3) is 20.1. The molecular weight excluding hydrogens is 755 g/mol. The maximum atomic E-state index is 12.1. The summed E-state index contributed by atoms with van der Waals surface area (Å²) in [5.41, 5.74) is -0.864. The van der Waals surface area contributed by atoms with E-state index in [9.17, 15) is 4.79 Å². The zero-order valence-corrected chi connectivity index (χ0v) is 43.3. The first-order valence-electron chi connectivity index (χ1n) is 16.3. The van der Waals surface area contributed by atoms with E-state index in [0.717, 1.165) is 0 Å². The van der Waals surface area contributed by atoms with Crippen LogP contribution in [0.5, 0.6) is 0 Å². The molecule has 0 fully saturated rings. The molecule has 0 spiro atoms. The van der Waals surface area contributed by atoms with Crippen molar-refractivity contribution < 1.29 is 41.8 Å². The summed E-state index contributed by atoms with van der Waals surface area (Å²) in [6, 6.07) is 0. The van der Waals surface area contributed by atoms with Crippen molar-refractivity contribution in [2.24, 2.45) is 4.99 Å². The van der Waals surface area contributed by atoms with Crippen molar-refractivity contribution in [1.29, 1.82) is 0 Å². The minimum atomic E-state index is -4.31. The molecule has 1 atom stereocenters. The number of isocyanates is 1. The largest absolute Gasteiger partial charge is 0.505 e. The highest BCUT2D eigenvalue weighted by atomic mass is 28.6. The maximum absolute atomic E-state index is 12.1. The van der Waals surface area contributed by atoms with E-state index in [1.54, 1.807) is 6.08 Å². The van der Waals surface area contributed by atoms with E-state index in [2.05, 4.69) is 123 Å². The van der Waals surface area contributed by atoms with Crippen molar-refractivity contribution >= 4 is 91.2 Å². The number of rotatable bonds is 21. The molecule has 0 aliphatic carbocycles. The van der Waals surface area contributed by atoms with Gasteiger partial charge < -0.3 is 37.0 Å². The zero-order valence-electron chi connectivity index (χ0n) is 33.3. The smallest absolute Gasteiger partial charge is 0.417 e. The minimum absolute atomic E-state index is 0.362. The fraction of sp³-hybridized carbons (Fsp3) is 0.960. The monoisotopic (exact) mass is 823 g/mol. The molecule has 0 aromatic heterocycles. The topological polar surface area (TPSA) is 113 Å². The number of aliphatic imine (C=N–C) groups is 1. The van der Waals surface area contributed by atoms with Crippen molar-refractivity contribution in [3.63, 3.8) is 0 Å². The quantitative estimate of drug-likeness (QED) is 0.0635. The van der Waals surface area contributed by atoms with E-state index < -0.39 is 90.8 Å². The average molecular weight is 825 g/mol. The third-order valence-electron chi connectivity index (χ3n) is 4.94. The van der Waals surface area contributed by atoms with Gasteiger partial charge in [0.1, 0.15) is 5.67 Å². The summed E-state index contributed by atoms with van der Waals surface area (Å²) < 4.78 is 63.2. The Morgan fingerprint density at radius 1 is 0.413 bits per heavy atom. The van der Waals surface area contributed by atoms with Crippen molar-refractivity contribution in [1.82, 2.24) is 0 Å². The van der Waals surface area contributed by atoms with Gasteiger partial charge in [-0.1, -0.05) is 6.92 Å². The standard InChI is InChI=1S/C25H69NO10Si10/c1-23-25(26-24-27)46(34-43(20,28-37(2,3)4)29-38(5,6)7,35-44(21,30-39(8,9)10)31-40(11,12)13)36-45(22,32-41(14,15)16)33-42(17,18)19/h25H,23H2,1-22H3. The summed E-state index contributed by atoms with van der Waals surface area (Å²) in [5, 5.41) is 0. The van der Waals surface area contributed by atoms with E-state index in [0.29, 0.717) is 6.42 Å². The molecular formula is C25H69NO10Si10. The van der Waals surface area contributed by atoms with Crippen LogP contribution in [-0.4, -0.2) is 96.9 Å². The molecule has 0 aromatic rings. The van der Waals surface area contributed by atoms with Crippen LogP contribution in [0.3, 0.4) is 0 Å². The van der Waals surface area contributed by atoms with E-state index in [4.69, 9.17) is 37.0 Å². The molecule has 0 saturated heterocycles. The van der Waals surface area contributed by atoms with Crippen LogP contribution in [0.2, 0.25) is 137 Å². The molecule has 0 amide bonds. The molecule has 0 radical (unpaired) electrons. The highest BCUT2D eigenvalue weighted by Gasteiger charge is 2.66. The van der Waals surface area contributed by atoms with Gasteiger partial charge in [0.05, 0.1) is 0 Å². The minimum Gasteiger partial charge on any atom is -0.417 e. The van der Waals surface area contributed by atoms with Crippen LogP contribution in [0.25, 0.3) is 0 Å². The summed E-state index contributed by atoms with van der Waals surface area (Å²) in [4.78, 5) is 16.5. The van der Waals surface area contributed by atoms with Gasteiger partial charge in [-0.15, -0.1) is 0 Å². The van der Waals surface area contributed by atoms with Crippen LogP contribution in [-0.2, 0) is 41.8 Å². The van der Waals surface area contributed by atoms with Crippen molar-refractivity contribution in [2.75, 3.05) is 0 Å². The van der Waals surface area contributed by atoms with Crippen LogP contribution in [0.15, 0.2) is 4.99 Å². The van der Waals surface area contributed by atoms with Gasteiger partial charge in [-0.3, -0.25) is 0 Å². The molecule has 0 saturated carbocycles. The Morgan fingerprint density at radius 3 is 0.739 bits per heavy atom. The number of nitrogens with zero attached hydrogens (tertiary/aromatic N) is 1. The number of hydrogen-bond acceptors (Lipinski definition) is 11. The van der Waals surface area contributed by atoms with E-state index in [1.807, 2.05) is 26.6 Å². The molecule has 0 bridgehead atoms. The zero-order chi connectivity index (χ0) is 37.1. The van der Waals surface area contributed by atoms with E-state index >= 15 is 0 Å². The summed E-state index contributed by atoms with van der Waals surface area (Å²) in [5.74, 6) is 0. The second kappa shape index (κ2) is 16.2. The van der Waals surface area contributed by atoms with Gasteiger partial charge in [-0.2, -0.15) is 4.99 Å². The normalized spacial score (nSPS) is 16.0. The molecule has 0 rings (SSSR count). The molecule has 21 heteroatoms. The third-order valence-corrected chi connectivity index (χ3v) is 37.7. The Balaban J connectivity index is 8.20. The molecule has 0 N–H and O–H groups in total. The van der Waals surface area contributed by atoms with E-state index in [1.165, 1.54) is 0 Å². The predicted octanol–water partition coefficient (Wildman–Crippen LogP) is 8.44. The molecule has 274 valence electrons. The number of carbonyl (C=O) groups excluding carboxylic acids is 1. The van der Waals surface area contributed by atoms with Crippen LogP contribution in [0.1, 0.15) is 13.3 Å². The average Bonchev–Trinajstić information content (AvgIpc) is 2.60. The van der Waals surface area contributed by atoms with Gasteiger partial charge in [0, 0.05) is 19.6 Å². The predicted molar refractivity (Wildman–Crippen MR) is 213 cm³/mol. The Kier molecular flexibility index (Phi) is 16.7. The lowest BCUT2D eigenvalue weighted by molar-refractivity contribution is 0.112. The summed E-state index contributed by atoms with van der Waals surface area (Å²) in [6.45, 7) is 45.5. The maximum Gasteiger partial charge on any atom is 0.505 e. The van der Waals surface area contributed by atoms with Gasteiger partial charge in [0.25, 0.3) is 0 Å². The molecule has 0 heterocycles. The second-order valence-electron chi connectivity index (χ2n) is 17.9. The molecule has 0 aliphatic heterocycles. The second-order valence-corrected chi connectivity index (χ2v) is 57.7. The summed E-state index contributed by atoms with van der Waals surface area (Å²) in [7, 11) is -28.6. The van der Waals surface area contributed by atoms with Gasteiger partial charge in [-0.25, -0.2) is 4.79 Å². The van der Waals surface area contributed by atoms with Gasteiger partial charge >= 0.3 is 35.2 Å². The highest BCUT2D eigenvalue weighted by Crippen LogP contribution is 2.38. The highest BCUT2D eigenvalue weighted by molar-refractivity contribution is 6.95. The molecule has 1 unspecified atom stereocenters. The van der Waals surface area contributed by atoms with Crippen molar-refractivity contribution in [2.45, 2.75) is 156 Å². The first kappa shape index (κ1) is 47.2. The van der Waals surface area contributed by atoms with E-state index in [-0.39, 0.29) is 0 Å². The lowest BCUT2D eigenvalue weighted by Gasteiger charge is -2.50. The van der Waals surface area contributed by atoms with Crippen LogP contribution in [0, 0.1) is 0 Å². The summed E-state index contributed by atoms with van der Waals surface area (Å²) >= 11 is 0. The van der Waals surface area contributed by atoms with Crippen LogP contribution in [0.4, 0.5) is 0 Å². The Morgan fingerprint density at radius 2 is 0.609 bits per heavy atom. The first-order valence-corrected chi connectivity index (χ1v) is 45.2. The Labute approximate surface area is 293 Å². The SMILES string of the molecule is CCC(N=C=O)[Si](O[Si](C)(O[Si](C)(C)C)O[Si](C)(C)C)(O[Si](C)(O[Si](C)(C)C)O[Si](C)(C)C)O[Si](C)(O[Si](C)(C)C)O[Si](C)(C)C. The van der Waals surface area contributed by atoms with Crippen LogP contribution >= 0.6 is 0 Å². The van der Waals surface area contributed by atoms with Crippen LogP contribution < -0.4 is 0 Å². The van der Waals surface area contributed by atoms with Gasteiger partial charge in [0.15, 0.2) is 49.9 Å². The fourth-order valence-electron chi connectivity index (χ4n) is 5.05. The molecule has 0 aliphatic rings. The Hall–Kier alpha value is 1.19. The number of hydrogen-bond donors (Lipinski definition) is 0. The lowest BCUT2D eigenvalue weighted by atomic mass is 10.5. The van der Waals surface area contributed by atoms with Gasteiger partial charge in [-0.05, 0) is 124 Å². The molecule has 46 heavy (non-hydrogen) atoms. The summed E-state index contributed by atoms with van der Waals surface area (Å²) in [6.07, 6.45) is 2.16.